The first-order chi connectivity index (χ1) is 10.7. The monoisotopic (exact) mass is 318 g/mol. The van der Waals surface area contributed by atoms with Gasteiger partial charge in [-0.2, -0.15) is 0 Å². The van der Waals surface area contributed by atoms with Crippen molar-refractivity contribution in [3.63, 3.8) is 0 Å². The van der Waals surface area contributed by atoms with Crippen molar-refractivity contribution in [3.8, 4) is 0 Å². The zero-order chi connectivity index (χ0) is 15.4. The molecule has 0 saturated heterocycles. The van der Waals surface area contributed by atoms with Gasteiger partial charge in [0.05, 0.1) is 11.8 Å². The van der Waals surface area contributed by atoms with E-state index in [0.29, 0.717) is 16.8 Å². The fourth-order valence-electron chi connectivity index (χ4n) is 1.78. The molecular weight excluding hydrogens is 304 g/mol. The van der Waals surface area contributed by atoms with Crippen molar-refractivity contribution in [1.29, 1.82) is 0 Å². The van der Waals surface area contributed by atoms with Gasteiger partial charge in [0.1, 0.15) is 0 Å². The molecule has 1 saturated carbocycles. The Balaban J connectivity index is 1.44. The lowest BCUT2D eigenvalue weighted by atomic mass is 10.2. The van der Waals surface area contributed by atoms with Crippen LogP contribution in [0.15, 0.2) is 35.5 Å². The Bertz CT molecular complexity index is 670. The zero-order valence-electron chi connectivity index (χ0n) is 11.6. The highest BCUT2D eigenvalue weighted by Gasteiger charge is 2.28. The number of hydrazine groups is 1. The Morgan fingerprint density at radius 2 is 2.00 bits per heavy atom. The fourth-order valence-corrected chi connectivity index (χ4v) is 2.53. The quantitative estimate of drug-likeness (QED) is 0.617. The maximum atomic E-state index is 11.8. The van der Waals surface area contributed by atoms with Gasteiger partial charge in [-0.1, -0.05) is 30.0 Å². The average Bonchev–Trinajstić information content (AvgIpc) is 3.29. The Morgan fingerprint density at radius 1 is 1.23 bits per heavy atom. The maximum absolute atomic E-state index is 11.8. The molecule has 1 aliphatic carbocycles. The number of hydrogen-bond acceptors (Lipinski definition) is 6. The predicted octanol–water partition coefficient (Wildman–Crippen LogP) is 0.561. The van der Waals surface area contributed by atoms with Crippen LogP contribution >= 0.6 is 11.8 Å². The molecule has 9 heteroatoms. The van der Waals surface area contributed by atoms with E-state index in [1.807, 2.05) is 6.07 Å². The number of hydrogen-bond donors (Lipinski definition) is 2. The number of benzene rings is 1. The van der Waals surface area contributed by atoms with Crippen molar-refractivity contribution in [2.75, 3.05) is 5.75 Å². The number of tetrazole rings is 1. The van der Waals surface area contributed by atoms with Crippen LogP contribution in [0, 0.1) is 0 Å². The summed E-state index contributed by atoms with van der Waals surface area (Å²) in [4.78, 5) is 23.5. The Hall–Kier alpha value is -2.42. The summed E-state index contributed by atoms with van der Waals surface area (Å²) in [5.74, 6) is -0.552. The zero-order valence-corrected chi connectivity index (χ0v) is 12.4. The van der Waals surface area contributed by atoms with Gasteiger partial charge in [0.2, 0.25) is 11.1 Å². The smallest absolute Gasteiger partial charge is 0.269 e. The Kier molecular flexibility index (Phi) is 4.33. The molecular formula is C13H14N6O2S. The van der Waals surface area contributed by atoms with Gasteiger partial charge in [-0.3, -0.25) is 20.4 Å². The molecule has 1 heterocycles. The number of nitrogens with one attached hydrogen (secondary N) is 2. The molecule has 0 unspecified atom stereocenters. The number of carbonyl (C=O) groups is 2. The molecule has 1 aromatic heterocycles. The van der Waals surface area contributed by atoms with E-state index in [9.17, 15) is 9.59 Å². The molecule has 8 nitrogen and oxygen atoms in total. The first-order valence-corrected chi connectivity index (χ1v) is 7.77. The van der Waals surface area contributed by atoms with Gasteiger partial charge in [0.25, 0.3) is 5.91 Å². The van der Waals surface area contributed by atoms with Crippen LogP contribution in [-0.4, -0.2) is 37.8 Å². The van der Waals surface area contributed by atoms with Crippen LogP contribution in [0.2, 0.25) is 0 Å². The molecule has 1 fully saturated rings. The number of amides is 2. The van der Waals surface area contributed by atoms with E-state index in [-0.39, 0.29) is 17.6 Å². The largest absolute Gasteiger partial charge is 0.272 e. The normalized spacial score (nSPS) is 13.6. The van der Waals surface area contributed by atoms with Gasteiger partial charge in [-0.05, 0) is 35.4 Å². The first kappa shape index (κ1) is 14.5. The van der Waals surface area contributed by atoms with Crippen LogP contribution in [0.25, 0.3) is 0 Å². The summed E-state index contributed by atoms with van der Waals surface area (Å²) in [6.07, 6.45) is 2.13. The van der Waals surface area contributed by atoms with Crippen LogP contribution < -0.4 is 10.9 Å². The van der Waals surface area contributed by atoms with Gasteiger partial charge in [-0.25, -0.2) is 4.68 Å². The third-order valence-electron chi connectivity index (χ3n) is 3.04. The highest BCUT2D eigenvalue weighted by molar-refractivity contribution is 7.99. The van der Waals surface area contributed by atoms with Gasteiger partial charge in [-0.15, -0.1) is 5.10 Å². The number of carbonyl (C=O) groups excluding carboxylic acids is 2. The highest BCUT2D eigenvalue weighted by Crippen LogP contribution is 2.36. The van der Waals surface area contributed by atoms with E-state index in [2.05, 4.69) is 26.4 Å². The van der Waals surface area contributed by atoms with E-state index in [1.54, 1.807) is 28.9 Å². The maximum Gasteiger partial charge on any atom is 0.269 e. The van der Waals surface area contributed by atoms with Crippen LogP contribution in [0.1, 0.15) is 29.2 Å². The van der Waals surface area contributed by atoms with Crippen molar-refractivity contribution >= 4 is 23.6 Å². The lowest BCUT2D eigenvalue weighted by molar-refractivity contribution is -0.119. The van der Waals surface area contributed by atoms with Gasteiger partial charge >= 0.3 is 0 Å². The summed E-state index contributed by atoms with van der Waals surface area (Å²) in [5, 5.41) is 12.0. The van der Waals surface area contributed by atoms with Crippen LogP contribution in [0.3, 0.4) is 0 Å². The van der Waals surface area contributed by atoms with Crippen molar-refractivity contribution in [2.45, 2.75) is 24.0 Å². The summed E-state index contributed by atoms with van der Waals surface area (Å²) in [6.45, 7) is 0. The van der Waals surface area contributed by atoms with Crippen LogP contribution in [0.4, 0.5) is 0 Å². The van der Waals surface area contributed by atoms with Gasteiger partial charge in [0.15, 0.2) is 0 Å². The van der Waals surface area contributed by atoms with Crippen molar-refractivity contribution < 1.29 is 9.59 Å². The second kappa shape index (κ2) is 6.56. The molecule has 0 radical (unpaired) electrons. The molecule has 3 rings (SSSR count). The van der Waals surface area contributed by atoms with Crippen molar-refractivity contribution in [1.82, 2.24) is 31.1 Å². The van der Waals surface area contributed by atoms with E-state index >= 15 is 0 Å². The molecule has 2 N–H and O–H groups in total. The summed E-state index contributed by atoms with van der Waals surface area (Å²) in [5.41, 5.74) is 5.22. The lowest BCUT2D eigenvalue weighted by Crippen LogP contribution is -2.42. The summed E-state index contributed by atoms with van der Waals surface area (Å²) in [6, 6.07) is 9.02. The first-order valence-electron chi connectivity index (χ1n) is 6.79. The Labute approximate surface area is 130 Å². The van der Waals surface area contributed by atoms with E-state index in [1.165, 1.54) is 11.8 Å². The number of rotatable bonds is 5. The second-order valence-corrected chi connectivity index (χ2v) is 5.74. The van der Waals surface area contributed by atoms with E-state index < -0.39 is 0 Å². The standard InChI is InChI=1S/C13H14N6O2S/c20-11(14-15-12(21)9-4-2-1-3-5-9)8-22-13-16-17-18-19(13)10-6-7-10/h1-5,10H,6-8H2,(H,14,20)(H,15,21). The topological polar surface area (TPSA) is 102 Å². The molecule has 1 aliphatic rings. The number of nitrogens with zero attached hydrogens (tertiary/aromatic N) is 4. The number of aromatic nitrogens is 4. The minimum Gasteiger partial charge on any atom is -0.272 e. The third kappa shape index (κ3) is 3.61. The second-order valence-electron chi connectivity index (χ2n) is 4.79. The van der Waals surface area contributed by atoms with E-state index in [0.717, 1.165) is 12.8 Å². The minimum atomic E-state index is -0.359. The fraction of sp³-hybridized carbons (Fsp3) is 0.308. The molecule has 22 heavy (non-hydrogen) atoms. The van der Waals surface area contributed by atoms with Crippen molar-refractivity contribution in [3.05, 3.63) is 35.9 Å². The molecule has 0 atom stereocenters. The van der Waals surface area contributed by atoms with Crippen LogP contribution in [-0.2, 0) is 4.79 Å². The minimum absolute atomic E-state index is 0.127. The SMILES string of the molecule is O=C(CSc1nnnn1C1CC1)NNC(=O)c1ccccc1. The van der Waals surface area contributed by atoms with Gasteiger partial charge < -0.3 is 0 Å². The lowest BCUT2D eigenvalue weighted by Gasteiger charge is -2.07. The molecule has 0 spiro atoms. The third-order valence-corrected chi connectivity index (χ3v) is 3.97. The molecule has 0 bridgehead atoms. The van der Waals surface area contributed by atoms with Gasteiger partial charge in [0, 0.05) is 5.56 Å². The number of thioether (sulfide) groups is 1. The molecule has 0 aliphatic heterocycles. The summed E-state index contributed by atoms with van der Waals surface area (Å²) in [7, 11) is 0. The molecule has 2 aromatic rings. The highest BCUT2D eigenvalue weighted by atomic mass is 32.2. The van der Waals surface area contributed by atoms with Crippen molar-refractivity contribution in [2.24, 2.45) is 0 Å². The Morgan fingerprint density at radius 3 is 2.73 bits per heavy atom. The van der Waals surface area contributed by atoms with E-state index in [4.69, 9.17) is 0 Å². The predicted molar refractivity (Wildman–Crippen MR) is 78.9 cm³/mol. The van der Waals surface area contributed by atoms with Crippen LogP contribution in [0.5, 0.6) is 0 Å². The summed E-state index contributed by atoms with van der Waals surface area (Å²) < 4.78 is 1.74. The average molecular weight is 318 g/mol. The molecule has 114 valence electrons. The molecule has 2 amide bonds. The molecule has 1 aromatic carbocycles. The summed E-state index contributed by atoms with van der Waals surface area (Å²) >= 11 is 1.24.